The second-order valence-corrected chi connectivity index (χ2v) is 4.35. The number of benzene rings is 1. The fourth-order valence-electron chi connectivity index (χ4n) is 1.94. The Balaban J connectivity index is 2.27. The van der Waals surface area contributed by atoms with Gasteiger partial charge in [0.15, 0.2) is 0 Å². The lowest BCUT2D eigenvalue weighted by molar-refractivity contribution is 0.0526. The normalized spacial score (nSPS) is 10.6. The average molecular weight is 277 g/mol. The van der Waals surface area contributed by atoms with E-state index in [9.17, 15) is 9.18 Å². The van der Waals surface area contributed by atoms with E-state index in [1.165, 1.54) is 16.8 Å². The van der Waals surface area contributed by atoms with E-state index in [0.29, 0.717) is 12.2 Å². The van der Waals surface area contributed by atoms with Crippen molar-refractivity contribution in [3.05, 3.63) is 46.9 Å². The van der Waals surface area contributed by atoms with Crippen molar-refractivity contribution in [3.8, 4) is 0 Å². The molecule has 0 atom stereocenters. The summed E-state index contributed by atoms with van der Waals surface area (Å²) in [4.78, 5) is 11.8. The molecule has 0 unspecified atom stereocenters. The zero-order chi connectivity index (χ0) is 14.7. The summed E-state index contributed by atoms with van der Waals surface area (Å²) in [5.74, 6) is -0.524. The molecule has 0 saturated carbocycles. The number of nitrogens with two attached hydrogens (primary N) is 1. The molecule has 0 aliphatic carbocycles. The molecule has 2 N–H and O–H groups in total. The second kappa shape index (κ2) is 5.73. The van der Waals surface area contributed by atoms with Crippen molar-refractivity contribution in [2.24, 2.45) is 0 Å². The van der Waals surface area contributed by atoms with Crippen molar-refractivity contribution >= 4 is 11.8 Å². The maximum Gasteiger partial charge on any atom is 0.343 e. The molecule has 0 fully saturated rings. The van der Waals surface area contributed by atoms with Gasteiger partial charge in [0.2, 0.25) is 0 Å². The van der Waals surface area contributed by atoms with E-state index in [1.54, 1.807) is 26.0 Å². The minimum Gasteiger partial charge on any atom is -0.462 e. The molecule has 106 valence electrons. The molecule has 0 amide bonds. The minimum absolute atomic E-state index is 0.255. The summed E-state index contributed by atoms with van der Waals surface area (Å²) < 4.78 is 19.3. The molecule has 2 rings (SSSR count). The number of hydrogen-bond acceptors (Lipinski definition) is 4. The zero-order valence-electron chi connectivity index (χ0n) is 11.4. The van der Waals surface area contributed by atoms with Crippen LogP contribution in [0, 0.1) is 12.7 Å². The highest BCUT2D eigenvalue weighted by molar-refractivity contribution is 5.95. The maximum atomic E-state index is 12.9. The van der Waals surface area contributed by atoms with Crippen molar-refractivity contribution in [1.29, 1.82) is 0 Å². The molecule has 0 radical (unpaired) electrons. The topological polar surface area (TPSA) is 70.1 Å². The lowest BCUT2D eigenvalue weighted by atomic mass is 10.2. The molecule has 0 bridgehead atoms. The van der Waals surface area contributed by atoms with Crippen molar-refractivity contribution in [2.45, 2.75) is 20.4 Å². The smallest absolute Gasteiger partial charge is 0.343 e. The first-order valence-electron chi connectivity index (χ1n) is 6.27. The van der Waals surface area contributed by atoms with Crippen LogP contribution in [0.2, 0.25) is 0 Å². The third-order valence-corrected chi connectivity index (χ3v) is 2.89. The van der Waals surface area contributed by atoms with Crippen LogP contribution in [0.15, 0.2) is 24.3 Å². The van der Waals surface area contributed by atoms with Crippen LogP contribution in [0.3, 0.4) is 0 Å². The minimum atomic E-state index is -0.479. The molecular formula is C14H16FN3O2. The Morgan fingerprint density at radius 3 is 2.65 bits per heavy atom. The standard InChI is InChI=1S/C14H16FN3O2/c1-3-20-14(19)12-9(2)17-18(13(12)16)8-10-4-6-11(15)7-5-10/h4-7H,3,8,16H2,1-2H3. The van der Waals surface area contributed by atoms with Crippen LogP contribution in [0.25, 0.3) is 0 Å². The largest absolute Gasteiger partial charge is 0.462 e. The van der Waals surface area contributed by atoms with E-state index in [1.807, 2.05) is 0 Å². The Labute approximate surface area is 116 Å². The number of carbonyl (C=O) groups is 1. The van der Waals surface area contributed by atoms with Crippen LogP contribution < -0.4 is 5.73 Å². The van der Waals surface area contributed by atoms with Gasteiger partial charge in [0.25, 0.3) is 0 Å². The summed E-state index contributed by atoms with van der Waals surface area (Å²) >= 11 is 0. The summed E-state index contributed by atoms with van der Waals surface area (Å²) in [5, 5.41) is 4.23. The van der Waals surface area contributed by atoms with Crippen molar-refractivity contribution < 1.29 is 13.9 Å². The van der Waals surface area contributed by atoms with E-state index < -0.39 is 5.97 Å². The number of rotatable bonds is 4. The number of aryl methyl sites for hydroxylation is 1. The molecule has 1 aromatic heterocycles. The number of halogens is 1. The number of esters is 1. The molecule has 0 aliphatic rings. The third-order valence-electron chi connectivity index (χ3n) is 2.89. The van der Waals surface area contributed by atoms with Gasteiger partial charge in [-0.1, -0.05) is 12.1 Å². The number of nitrogens with zero attached hydrogens (tertiary/aromatic N) is 2. The average Bonchev–Trinajstić information content (AvgIpc) is 2.67. The SMILES string of the molecule is CCOC(=O)c1c(C)nn(Cc2ccc(F)cc2)c1N. The highest BCUT2D eigenvalue weighted by Gasteiger charge is 2.20. The molecule has 0 spiro atoms. The van der Waals surface area contributed by atoms with Crippen molar-refractivity contribution in [2.75, 3.05) is 12.3 Å². The second-order valence-electron chi connectivity index (χ2n) is 4.35. The van der Waals surface area contributed by atoms with Gasteiger partial charge < -0.3 is 10.5 Å². The Morgan fingerprint density at radius 2 is 2.05 bits per heavy atom. The molecule has 20 heavy (non-hydrogen) atoms. The predicted molar refractivity (Wildman–Crippen MR) is 72.8 cm³/mol. The van der Waals surface area contributed by atoms with Crippen LogP contribution in [-0.2, 0) is 11.3 Å². The summed E-state index contributed by atoms with van der Waals surface area (Å²) in [7, 11) is 0. The van der Waals surface area contributed by atoms with Gasteiger partial charge in [0.05, 0.1) is 18.8 Å². The Kier molecular flexibility index (Phi) is 4.02. The molecule has 1 heterocycles. The number of carbonyl (C=O) groups excluding carboxylic acids is 1. The van der Waals surface area contributed by atoms with Gasteiger partial charge in [-0.05, 0) is 31.5 Å². The quantitative estimate of drug-likeness (QED) is 0.869. The first-order chi connectivity index (χ1) is 9.52. The van der Waals surface area contributed by atoms with Crippen LogP contribution >= 0.6 is 0 Å². The molecule has 0 saturated heterocycles. The van der Waals surface area contributed by atoms with Crippen LogP contribution in [-0.4, -0.2) is 22.4 Å². The Bertz CT molecular complexity index is 620. The molecule has 5 nitrogen and oxygen atoms in total. The Morgan fingerprint density at radius 1 is 1.40 bits per heavy atom. The number of aromatic nitrogens is 2. The zero-order valence-corrected chi connectivity index (χ0v) is 11.4. The van der Waals surface area contributed by atoms with Gasteiger partial charge >= 0.3 is 5.97 Å². The summed E-state index contributed by atoms with van der Waals surface area (Å²) in [5.41, 5.74) is 7.58. The van der Waals surface area contributed by atoms with Gasteiger partial charge in [-0.15, -0.1) is 0 Å². The first-order valence-corrected chi connectivity index (χ1v) is 6.27. The van der Waals surface area contributed by atoms with Gasteiger partial charge in [0.1, 0.15) is 17.2 Å². The van der Waals surface area contributed by atoms with Crippen LogP contribution in [0.4, 0.5) is 10.2 Å². The van der Waals surface area contributed by atoms with Gasteiger partial charge in [0, 0.05) is 0 Å². The summed E-state index contributed by atoms with van der Waals surface area (Å²) in [6.45, 7) is 4.07. The van der Waals surface area contributed by atoms with Gasteiger partial charge in [-0.2, -0.15) is 5.10 Å². The molecule has 2 aromatic rings. The third kappa shape index (κ3) is 2.79. The molecule has 6 heteroatoms. The fraction of sp³-hybridized carbons (Fsp3) is 0.286. The molecular weight excluding hydrogens is 261 g/mol. The van der Waals surface area contributed by atoms with E-state index in [-0.39, 0.29) is 23.8 Å². The van der Waals surface area contributed by atoms with Crippen LogP contribution in [0.1, 0.15) is 28.5 Å². The first kappa shape index (κ1) is 14.0. The van der Waals surface area contributed by atoms with E-state index >= 15 is 0 Å². The van der Waals surface area contributed by atoms with Crippen molar-refractivity contribution in [3.63, 3.8) is 0 Å². The number of anilines is 1. The summed E-state index contributed by atoms with van der Waals surface area (Å²) in [6.07, 6.45) is 0. The predicted octanol–water partition coefficient (Wildman–Crippen LogP) is 2.14. The fourth-order valence-corrected chi connectivity index (χ4v) is 1.94. The monoisotopic (exact) mass is 277 g/mol. The maximum absolute atomic E-state index is 12.9. The molecule has 0 aliphatic heterocycles. The number of hydrogen-bond donors (Lipinski definition) is 1. The number of nitrogen functional groups attached to an aromatic ring is 1. The number of ether oxygens (including phenoxy) is 1. The lowest BCUT2D eigenvalue weighted by Crippen LogP contribution is -2.10. The van der Waals surface area contributed by atoms with Gasteiger partial charge in [-0.3, -0.25) is 0 Å². The van der Waals surface area contributed by atoms with Crippen LogP contribution in [0.5, 0.6) is 0 Å². The van der Waals surface area contributed by atoms with E-state index in [4.69, 9.17) is 10.5 Å². The van der Waals surface area contributed by atoms with Crippen molar-refractivity contribution in [1.82, 2.24) is 9.78 Å². The summed E-state index contributed by atoms with van der Waals surface area (Å²) in [6, 6.07) is 6.04. The van der Waals surface area contributed by atoms with E-state index in [0.717, 1.165) is 5.56 Å². The molecule has 1 aromatic carbocycles. The highest BCUT2D eigenvalue weighted by atomic mass is 19.1. The highest BCUT2D eigenvalue weighted by Crippen LogP contribution is 2.19. The lowest BCUT2D eigenvalue weighted by Gasteiger charge is -2.05. The van der Waals surface area contributed by atoms with E-state index in [2.05, 4.69) is 5.10 Å². The van der Waals surface area contributed by atoms with Gasteiger partial charge in [-0.25, -0.2) is 13.9 Å². The Hall–Kier alpha value is -2.37.